The van der Waals surface area contributed by atoms with Crippen molar-refractivity contribution in [3.05, 3.63) is 0 Å². The van der Waals surface area contributed by atoms with Crippen molar-refractivity contribution in [2.75, 3.05) is 13.1 Å². The first kappa shape index (κ1) is 10.5. The number of hydrogen-bond donors (Lipinski definition) is 2. The van der Waals surface area contributed by atoms with Crippen LogP contribution in [0.3, 0.4) is 0 Å². The molecule has 1 fully saturated rings. The van der Waals surface area contributed by atoms with Crippen LogP contribution in [0.5, 0.6) is 0 Å². The van der Waals surface area contributed by atoms with Gasteiger partial charge in [-0.2, -0.15) is 5.53 Å². The van der Waals surface area contributed by atoms with E-state index >= 15 is 0 Å². The quantitative estimate of drug-likeness (QED) is 0.631. The van der Waals surface area contributed by atoms with Crippen molar-refractivity contribution in [2.45, 2.75) is 38.5 Å². The van der Waals surface area contributed by atoms with Gasteiger partial charge in [0.15, 0.2) is 0 Å². The molecule has 0 aromatic carbocycles. The minimum Gasteiger partial charge on any atom is -0.262 e. The average Bonchev–Trinajstić information content (AvgIpc) is 2.22. The Labute approximate surface area is 79.6 Å². The van der Waals surface area contributed by atoms with Crippen LogP contribution in [0.4, 0.5) is 0 Å². The van der Waals surface area contributed by atoms with Gasteiger partial charge in [0.25, 0.3) is 0 Å². The van der Waals surface area contributed by atoms with Crippen molar-refractivity contribution in [3.63, 3.8) is 0 Å². The molecule has 1 saturated heterocycles. The fourth-order valence-corrected chi connectivity index (χ4v) is 1.47. The van der Waals surface area contributed by atoms with Crippen LogP contribution in [-0.4, -0.2) is 24.5 Å². The SMILES string of the molecule is O=[C]N1CCCCCCCCNN1. The molecule has 0 atom stereocenters. The van der Waals surface area contributed by atoms with Gasteiger partial charge in [-0.3, -0.25) is 9.80 Å². The summed E-state index contributed by atoms with van der Waals surface area (Å²) in [4.78, 5) is 10.4. The van der Waals surface area contributed by atoms with Gasteiger partial charge in [-0.15, -0.1) is 0 Å². The van der Waals surface area contributed by atoms with Gasteiger partial charge in [-0.05, 0) is 12.8 Å². The molecule has 75 valence electrons. The van der Waals surface area contributed by atoms with Gasteiger partial charge in [0.1, 0.15) is 0 Å². The van der Waals surface area contributed by atoms with Crippen molar-refractivity contribution < 1.29 is 4.79 Å². The third-order valence-corrected chi connectivity index (χ3v) is 2.26. The second kappa shape index (κ2) is 6.86. The molecular weight excluding hydrogens is 166 g/mol. The number of hydrazine groups is 2. The van der Waals surface area contributed by atoms with Gasteiger partial charge in [0, 0.05) is 13.1 Å². The second-order valence-electron chi connectivity index (χ2n) is 3.40. The van der Waals surface area contributed by atoms with Crippen molar-refractivity contribution in [1.29, 1.82) is 0 Å². The predicted molar refractivity (Wildman–Crippen MR) is 51.2 cm³/mol. The highest BCUT2D eigenvalue weighted by molar-refractivity contribution is 5.46. The second-order valence-corrected chi connectivity index (χ2v) is 3.40. The Morgan fingerprint density at radius 1 is 1.00 bits per heavy atom. The molecular formula is C9H18N3O. The fraction of sp³-hybridized carbons (Fsp3) is 0.889. The van der Waals surface area contributed by atoms with Gasteiger partial charge >= 0.3 is 6.41 Å². The van der Waals surface area contributed by atoms with E-state index in [0.29, 0.717) is 0 Å². The van der Waals surface area contributed by atoms with Crippen molar-refractivity contribution in [3.8, 4) is 0 Å². The molecule has 1 amide bonds. The molecule has 4 nitrogen and oxygen atoms in total. The number of nitrogens with one attached hydrogen (secondary N) is 2. The van der Waals surface area contributed by atoms with Crippen LogP contribution in [0.15, 0.2) is 0 Å². The summed E-state index contributed by atoms with van der Waals surface area (Å²) in [5, 5.41) is 1.45. The summed E-state index contributed by atoms with van der Waals surface area (Å²) in [6.45, 7) is 1.66. The summed E-state index contributed by atoms with van der Waals surface area (Å²) in [6.07, 6.45) is 9.16. The van der Waals surface area contributed by atoms with Crippen molar-refractivity contribution >= 4 is 6.41 Å². The van der Waals surface area contributed by atoms with Crippen LogP contribution >= 0.6 is 0 Å². The van der Waals surface area contributed by atoms with Crippen LogP contribution in [0, 0.1) is 0 Å². The highest BCUT2D eigenvalue weighted by Gasteiger charge is 2.02. The Kier molecular flexibility index (Phi) is 5.52. The summed E-state index contributed by atoms with van der Waals surface area (Å²) >= 11 is 0. The lowest BCUT2D eigenvalue weighted by Crippen LogP contribution is -2.46. The van der Waals surface area contributed by atoms with Gasteiger partial charge in [-0.25, -0.2) is 5.43 Å². The zero-order valence-electron chi connectivity index (χ0n) is 8.01. The van der Waals surface area contributed by atoms with Gasteiger partial charge in [0.05, 0.1) is 0 Å². The van der Waals surface area contributed by atoms with Crippen LogP contribution in [0.25, 0.3) is 0 Å². The number of hydrogen-bond acceptors (Lipinski definition) is 3. The first-order valence-corrected chi connectivity index (χ1v) is 5.07. The molecule has 1 aliphatic rings. The maximum atomic E-state index is 10.4. The summed E-state index contributed by atoms with van der Waals surface area (Å²) < 4.78 is 0. The molecule has 1 radical (unpaired) electrons. The van der Waals surface area contributed by atoms with E-state index in [1.54, 1.807) is 0 Å². The average molecular weight is 184 g/mol. The molecule has 0 aromatic rings. The minimum absolute atomic E-state index is 0.747. The molecule has 0 spiro atoms. The maximum absolute atomic E-state index is 10.4. The third-order valence-electron chi connectivity index (χ3n) is 2.26. The molecule has 0 bridgehead atoms. The smallest absolute Gasteiger partial charge is 0.262 e. The summed E-state index contributed by atoms with van der Waals surface area (Å²) in [5.41, 5.74) is 5.82. The minimum atomic E-state index is 0.747. The first-order chi connectivity index (χ1) is 6.43. The zero-order valence-corrected chi connectivity index (χ0v) is 8.01. The number of rotatable bonds is 1. The van der Waals surface area contributed by atoms with Gasteiger partial charge in [0.2, 0.25) is 0 Å². The number of carbonyl (C=O) groups excluding carboxylic acids is 1. The summed E-state index contributed by atoms with van der Waals surface area (Å²) in [5.74, 6) is 0. The summed E-state index contributed by atoms with van der Waals surface area (Å²) in [7, 11) is 0. The lowest BCUT2D eigenvalue weighted by Gasteiger charge is -2.17. The molecule has 0 unspecified atom stereocenters. The first-order valence-electron chi connectivity index (χ1n) is 5.07. The third kappa shape index (κ3) is 4.85. The Morgan fingerprint density at radius 2 is 1.69 bits per heavy atom. The highest BCUT2D eigenvalue weighted by Crippen LogP contribution is 2.05. The highest BCUT2D eigenvalue weighted by atomic mass is 16.1. The number of amides is 1. The lowest BCUT2D eigenvalue weighted by atomic mass is 10.1. The Balaban J connectivity index is 2.22. The van der Waals surface area contributed by atoms with E-state index < -0.39 is 0 Å². The lowest BCUT2D eigenvalue weighted by molar-refractivity contribution is 0.239. The van der Waals surface area contributed by atoms with E-state index in [-0.39, 0.29) is 0 Å². The van der Waals surface area contributed by atoms with Gasteiger partial charge in [-0.1, -0.05) is 25.7 Å². The normalized spacial score (nSPS) is 22.0. The Morgan fingerprint density at radius 3 is 2.46 bits per heavy atom. The van der Waals surface area contributed by atoms with E-state index in [1.807, 2.05) is 6.41 Å². The summed E-state index contributed by atoms with van der Waals surface area (Å²) in [6, 6.07) is 0. The molecule has 1 aliphatic heterocycles. The van der Waals surface area contributed by atoms with Crippen molar-refractivity contribution in [1.82, 2.24) is 16.0 Å². The molecule has 0 aromatic heterocycles. The largest absolute Gasteiger partial charge is 0.328 e. The predicted octanol–water partition coefficient (Wildman–Crippen LogP) is 0.719. The van der Waals surface area contributed by atoms with E-state index in [2.05, 4.69) is 11.0 Å². The van der Waals surface area contributed by atoms with Crippen molar-refractivity contribution in [2.24, 2.45) is 0 Å². The number of nitrogens with zero attached hydrogens (tertiary/aromatic N) is 1. The van der Waals surface area contributed by atoms with Crippen LogP contribution < -0.4 is 11.0 Å². The molecule has 0 aliphatic carbocycles. The van der Waals surface area contributed by atoms with E-state index in [9.17, 15) is 4.79 Å². The molecule has 1 heterocycles. The Hall–Kier alpha value is -0.610. The van der Waals surface area contributed by atoms with Gasteiger partial charge < -0.3 is 0 Å². The van der Waals surface area contributed by atoms with Crippen LogP contribution in [0.1, 0.15) is 38.5 Å². The van der Waals surface area contributed by atoms with E-state index in [1.165, 1.54) is 37.1 Å². The molecule has 4 heteroatoms. The standard InChI is InChI=1S/C9H18N3O/c13-9-12-8-6-4-2-1-3-5-7-10-11-12/h10-11H,1-8H2. The van der Waals surface area contributed by atoms with E-state index in [0.717, 1.165) is 19.5 Å². The fourth-order valence-electron chi connectivity index (χ4n) is 1.47. The maximum Gasteiger partial charge on any atom is 0.328 e. The van der Waals surface area contributed by atoms with Crippen LogP contribution in [-0.2, 0) is 4.79 Å². The van der Waals surface area contributed by atoms with E-state index in [4.69, 9.17) is 0 Å². The van der Waals surface area contributed by atoms with Crippen LogP contribution in [0.2, 0.25) is 0 Å². The molecule has 2 N–H and O–H groups in total. The Bertz CT molecular complexity index is 129. The monoisotopic (exact) mass is 184 g/mol. The molecule has 0 saturated carbocycles. The molecule has 1 rings (SSSR count). The molecule has 13 heavy (non-hydrogen) atoms. The zero-order chi connectivity index (χ0) is 9.36. The topological polar surface area (TPSA) is 44.4 Å².